The lowest BCUT2D eigenvalue weighted by Gasteiger charge is -2.30. The highest BCUT2D eigenvalue weighted by molar-refractivity contribution is 7.15. The van der Waals surface area contributed by atoms with E-state index in [1.807, 2.05) is 0 Å². The quantitative estimate of drug-likeness (QED) is 0.831. The van der Waals surface area contributed by atoms with Gasteiger partial charge in [0.15, 0.2) is 5.13 Å². The first-order valence-electron chi connectivity index (χ1n) is 6.44. The molecule has 2 atom stereocenters. The highest BCUT2D eigenvalue weighted by Crippen LogP contribution is 2.31. The first kappa shape index (κ1) is 13.2. The molecule has 1 fully saturated rings. The molecule has 0 aromatic carbocycles. The van der Waals surface area contributed by atoms with Gasteiger partial charge >= 0.3 is 0 Å². The van der Waals surface area contributed by atoms with E-state index < -0.39 is 0 Å². The van der Waals surface area contributed by atoms with Crippen molar-refractivity contribution in [2.45, 2.75) is 39.5 Å². The molecular formula is C13H21ClN2S. The lowest BCUT2D eigenvalue weighted by Crippen LogP contribution is -2.27. The standard InChI is InChI=1S/C13H21ClN2S/c1-9-10(2)17-13(16-9)15-8-12-6-4-3-5-11(12)7-14/h11-12H,3-8H2,1-2H3,(H,15,16). The summed E-state index contributed by atoms with van der Waals surface area (Å²) in [6.07, 6.45) is 5.32. The fraction of sp³-hybridized carbons (Fsp3) is 0.769. The Labute approximate surface area is 113 Å². The van der Waals surface area contributed by atoms with Gasteiger partial charge in [-0.1, -0.05) is 12.8 Å². The van der Waals surface area contributed by atoms with Gasteiger partial charge in [0.1, 0.15) is 0 Å². The van der Waals surface area contributed by atoms with Crippen LogP contribution in [0.1, 0.15) is 36.3 Å². The van der Waals surface area contributed by atoms with Crippen molar-refractivity contribution in [1.82, 2.24) is 4.98 Å². The van der Waals surface area contributed by atoms with Gasteiger partial charge in [-0.05, 0) is 38.5 Å². The Kier molecular flexibility index (Phi) is 4.69. The minimum absolute atomic E-state index is 0.695. The van der Waals surface area contributed by atoms with E-state index >= 15 is 0 Å². The van der Waals surface area contributed by atoms with Crippen molar-refractivity contribution in [3.63, 3.8) is 0 Å². The summed E-state index contributed by atoms with van der Waals surface area (Å²) in [5.74, 6) is 2.23. The van der Waals surface area contributed by atoms with Gasteiger partial charge in [-0.25, -0.2) is 4.98 Å². The van der Waals surface area contributed by atoms with Crippen molar-refractivity contribution in [3.8, 4) is 0 Å². The molecule has 1 heterocycles. The SMILES string of the molecule is Cc1nc(NCC2CCCCC2CCl)sc1C. The zero-order valence-electron chi connectivity index (χ0n) is 10.6. The number of aromatic nitrogens is 1. The Morgan fingerprint density at radius 1 is 1.29 bits per heavy atom. The van der Waals surface area contributed by atoms with Crippen LogP contribution in [0.3, 0.4) is 0 Å². The zero-order chi connectivity index (χ0) is 12.3. The molecule has 1 N–H and O–H groups in total. The summed E-state index contributed by atoms with van der Waals surface area (Å²) < 4.78 is 0. The monoisotopic (exact) mass is 272 g/mol. The highest BCUT2D eigenvalue weighted by Gasteiger charge is 2.24. The van der Waals surface area contributed by atoms with Gasteiger partial charge in [0.25, 0.3) is 0 Å². The summed E-state index contributed by atoms with van der Waals surface area (Å²) >= 11 is 7.80. The number of aryl methyl sites for hydroxylation is 2. The van der Waals surface area contributed by atoms with Crippen molar-refractivity contribution in [2.75, 3.05) is 17.7 Å². The van der Waals surface area contributed by atoms with Crippen LogP contribution in [0, 0.1) is 25.7 Å². The van der Waals surface area contributed by atoms with E-state index in [9.17, 15) is 0 Å². The molecule has 17 heavy (non-hydrogen) atoms. The lowest BCUT2D eigenvalue weighted by atomic mass is 9.80. The van der Waals surface area contributed by atoms with Crippen LogP contribution in [-0.4, -0.2) is 17.4 Å². The maximum atomic E-state index is 6.05. The van der Waals surface area contributed by atoms with E-state index in [1.165, 1.54) is 30.6 Å². The Morgan fingerprint density at radius 3 is 2.59 bits per heavy atom. The molecular weight excluding hydrogens is 252 g/mol. The minimum atomic E-state index is 0.695. The van der Waals surface area contributed by atoms with Crippen LogP contribution >= 0.6 is 22.9 Å². The third-order valence-electron chi connectivity index (χ3n) is 3.81. The molecule has 0 aliphatic heterocycles. The van der Waals surface area contributed by atoms with Crippen LogP contribution in [0.2, 0.25) is 0 Å². The first-order chi connectivity index (χ1) is 8.20. The van der Waals surface area contributed by atoms with E-state index in [4.69, 9.17) is 11.6 Å². The number of alkyl halides is 1. The number of anilines is 1. The first-order valence-corrected chi connectivity index (χ1v) is 7.79. The molecule has 2 unspecified atom stereocenters. The Hall–Kier alpha value is -0.280. The van der Waals surface area contributed by atoms with Gasteiger partial charge in [-0.15, -0.1) is 22.9 Å². The van der Waals surface area contributed by atoms with Crippen LogP contribution in [0.5, 0.6) is 0 Å². The van der Waals surface area contributed by atoms with Crippen LogP contribution in [-0.2, 0) is 0 Å². The second-order valence-corrected chi connectivity index (χ2v) is 6.51. The maximum absolute atomic E-state index is 6.05. The molecule has 2 rings (SSSR count). The van der Waals surface area contributed by atoms with E-state index in [0.717, 1.165) is 29.2 Å². The minimum Gasteiger partial charge on any atom is -0.361 e. The second-order valence-electron chi connectivity index (χ2n) is 5.00. The number of rotatable bonds is 4. The summed E-state index contributed by atoms with van der Waals surface area (Å²) in [6.45, 7) is 5.23. The largest absolute Gasteiger partial charge is 0.361 e. The van der Waals surface area contributed by atoms with Crippen molar-refractivity contribution in [1.29, 1.82) is 0 Å². The number of nitrogens with zero attached hydrogens (tertiary/aromatic N) is 1. The third-order valence-corrected chi connectivity index (χ3v) is 5.24. The van der Waals surface area contributed by atoms with Crippen LogP contribution in [0.15, 0.2) is 0 Å². The molecule has 1 aromatic rings. The van der Waals surface area contributed by atoms with Crippen molar-refractivity contribution in [2.24, 2.45) is 11.8 Å². The molecule has 1 aliphatic rings. The number of halogens is 1. The molecule has 0 bridgehead atoms. The lowest BCUT2D eigenvalue weighted by molar-refractivity contribution is 0.272. The summed E-state index contributed by atoms with van der Waals surface area (Å²) in [5, 5.41) is 4.56. The molecule has 1 aliphatic carbocycles. The summed E-state index contributed by atoms with van der Waals surface area (Å²) in [5.41, 5.74) is 1.15. The van der Waals surface area contributed by atoms with Gasteiger partial charge in [0.2, 0.25) is 0 Å². The average Bonchev–Trinajstić information content (AvgIpc) is 2.66. The van der Waals surface area contributed by atoms with E-state index in [0.29, 0.717) is 5.92 Å². The molecule has 0 saturated heterocycles. The van der Waals surface area contributed by atoms with Gasteiger partial charge in [-0.2, -0.15) is 0 Å². The summed E-state index contributed by atoms with van der Waals surface area (Å²) in [4.78, 5) is 5.83. The number of nitrogens with one attached hydrogen (secondary N) is 1. The van der Waals surface area contributed by atoms with Crippen molar-refractivity contribution >= 4 is 28.1 Å². The molecule has 4 heteroatoms. The highest BCUT2D eigenvalue weighted by atomic mass is 35.5. The van der Waals surface area contributed by atoms with E-state index in [2.05, 4.69) is 24.1 Å². The Bertz CT molecular complexity index is 345. The molecule has 0 radical (unpaired) electrons. The van der Waals surface area contributed by atoms with Gasteiger partial charge in [0.05, 0.1) is 5.69 Å². The van der Waals surface area contributed by atoms with Gasteiger partial charge in [-0.3, -0.25) is 0 Å². The molecule has 96 valence electrons. The smallest absolute Gasteiger partial charge is 0.183 e. The second kappa shape index (κ2) is 6.05. The normalized spacial score (nSPS) is 24.9. The van der Waals surface area contributed by atoms with Crippen molar-refractivity contribution < 1.29 is 0 Å². The Morgan fingerprint density at radius 2 is 2.00 bits per heavy atom. The molecule has 0 spiro atoms. The number of thiazole rings is 1. The fourth-order valence-electron chi connectivity index (χ4n) is 2.52. The van der Waals surface area contributed by atoms with Gasteiger partial charge in [0, 0.05) is 17.3 Å². The van der Waals surface area contributed by atoms with Crippen LogP contribution in [0.4, 0.5) is 5.13 Å². The number of hydrogen-bond donors (Lipinski definition) is 1. The third kappa shape index (κ3) is 3.35. The van der Waals surface area contributed by atoms with E-state index in [1.54, 1.807) is 11.3 Å². The maximum Gasteiger partial charge on any atom is 0.183 e. The van der Waals surface area contributed by atoms with Gasteiger partial charge < -0.3 is 5.32 Å². The zero-order valence-corrected chi connectivity index (χ0v) is 12.2. The van der Waals surface area contributed by atoms with Crippen molar-refractivity contribution in [3.05, 3.63) is 10.6 Å². The summed E-state index contributed by atoms with van der Waals surface area (Å²) in [7, 11) is 0. The van der Waals surface area contributed by atoms with E-state index in [-0.39, 0.29) is 0 Å². The molecule has 1 aromatic heterocycles. The molecule has 2 nitrogen and oxygen atoms in total. The Balaban J connectivity index is 1.88. The predicted molar refractivity (Wildman–Crippen MR) is 76.2 cm³/mol. The van der Waals surface area contributed by atoms with Crippen LogP contribution in [0.25, 0.3) is 0 Å². The fourth-order valence-corrected chi connectivity index (χ4v) is 3.75. The summed E-state index contributed by atoms with van der Waals surface area (Å²) in [6, 6.07) is 0. The van der Waals surface area contributed by atoms with Crippen LogP contribution < -0.4 is 5.32 Å². The predicted octanol–water partition coefficient (Wildman–Crippen LogP) is 4.22. The number of hydrogen-bond acceptors (Lipinski definition) is 3. The average molecular weight is 273 g/mol. The molecule has 0 amide bonds. The topological polar surface area (TPSA) is 24.9 Å². The molecule has 1 saturated carbocycles.